The standard InChI is InChI=1S/C19H15F2N3O5S/c1-28-16-4-2-3-12-17(16)23-7-10-9-29-19(25)24(18(10)12)8-13-14(20)5-11(6-15(13)21)30(22,26)27/h2-7H,8-9H2,1H3,(H2,22,26,27). The summed E-state index contributed by atoms with van der Waals surface area (Å²) in [6.45, 7) is -0.592. The molecule has 0 atom stereocenters. The minimum atomic E-state index is -4.30. The first kappa shape index (κ1) is 20.0. The summed E-state index contributed by atoms with van der Waals surface area (Å²) in [6, 6.07) is 6.31. The van der Waals surface area contributed by atoms with E-state index in [4.69, 9.17) is 14.6 Å². The average molecular weight is 435 g/mol. The van der Waals surface area contributed by atoms with Crippen LogP contribution in [0.25, 0.3) is 10.9 Å². The van der Waals surface area contributed by atoms with Gasteiger partial charge in [0.1, 0.15) is 29.5 Å². The SMILES string of the molecule is COc1cccc2c3c(cnc12)COC(=O)N3Cc1c(F)cc(S(N)(=O)=O)cc1F. The summed E-state index contributed by atoms with van der Waals surface area (Å²) in [6.07, 6.45) is 0.684. The van der Waals surface area contributed by atoms with Crippen molar-refractivity contribution in [3.05, 3.63) is 59.3 Å². The fourth-order valence-corrected chi connectivity index (χ4v) is 3.85. The number of sulfonamides is 1. The quantitative estimate of drug-likeness (QED) is 0.675. The van der Waals surface area contributed by atoms with E-state index in [1.54, 1.807) is 18.2 Å². The Hall–Kier alpha value is -3.31. The molecule has 2 aromatic carbocycles. The first-order valence-electron chi connectivity index (χ1n) is 8.60. The molecule has 3 aromatic rings. The predicted octanol–water partition coefficient (Wildman–Crippen LogP) is 2.83. The number of para-hydroxylation sites is 1. The number of carbonyl (C=O) groups is 1. The van der Waals surface area contributed by atoms with Gasteiger partial charge in [-0.3, -0.25) is 9.88 Å². The smallest absolute Gasteiger partial charge is 0.414 e. The van der Waals surface area contributed by atoms with Crippen molar-refractivity contribution in [2.75, 3.05) is 12.0 Å². The third kappa shape index (κ3) is 3.31. The normalized spacial score (nSPS) is 13.9. The van der Waals surface area contributed by atoms with Crippen LogP contribution in [-0.4, -0.2) is 26.6 Å². The molecule has 0 spiro atoms. The van der Waals surface area contributed by atoms with Crippen LogP contribution in [0, 0.1) is 11.6 Å². The molecule has 0 fully saturated rings. The van der Waals surface area contributed by atoms with E-state index in [1.807, 2.05) is 0 Å². The first-order chi connectivity index (χ1) is 14.2. The van der Waals surface area contributed by atoms with Gasteiger partial charge < -0.3 is 9.47 Å². The highest BCUT2D eigenvalue weighted by atomic mass is 32.2. The molecule has 1 amide bonds. The van der Waals surface area contributed by atoms with Gasteiger partial charge in [0, 0.05) is 22.7 Å². The van der Waals surface area contributed by atoms with Gasteiger partial charge in [-0.05, 0) is 18.2 Å². The molecule has 1 aliphatic heterocycles. The molecule has 30 heavy (non-hydrogen) atoms. The van der Waals surface area contributed by atoms with E-state index in [2.05, 4.69) is 4.98 Å². The lowest BCUT2D eigenvalue weighted by atomic mass is 10.1. The van der Waals surface area contributed by atoms with Gasteiger partial charge in [0.2, 0.25) is 10.0 Å². The molecule has 0 bridgehead atoms. The predicted molar refractivity (Wildman–Crippen MR) is 102 cm³/mol. The van der Waals surface area contributed by atoms with E-state index in [9.17, 15) is 22.0 Å². The van der Waals surface area contributed by atoms with E-state index >= 15 is 0 Å². The topological polar surface area (TPSA) is 112 Å². The summed E-state index contributed by atoms with van der Waals surface area (Å²) in [5, 5.41) is 5.47. The molecule has 0 unspecified atom stereocenters. The first-order valence-corrected chi connectivity index (χ1v) is 10.1. The maximum Gasteiger partial charge on any atom is 0.414 e. The fraction of sp³-hybridized carbons (Fsp3) is 0.158. The number of ether oxygens (including phenoxy) is 2. The zero-order valence-electron chi connectivity index (χ0n) is 15.6. The number of carbonyl (C=O) groups excluding carboxylic acids is 1. The zero-order chi connectivity index (χ0) is 21.6. The minimum absolute atomic E-state index is 0.0554. The van der Waals surface area contributed by atoms with Gasteiger partial charge >= 0.3 is 6.09 Å². The van der Waals surface area contributed by atoms with Gasteiger partial charge in [-0.2, -0.15) is 0 Å². The molecular formula is C19H15F2N3O5S. The number of anilines is 1. The molecule has 11 heteroatoms. The Labute approximate surface area is 169 Å². The molecule has 2 heterocycles. The Bertz CT molecular complexity index is 1270. The average Bonchev–Trinajstić information content (AvgIpc) is 2.70. The highest BCUT2D eigenvalue weighted by molar-refractivity contribution is 7.89. The maximum absolute atomic E-state index is 14.6. The zero-order valence-corrected chi connectivity index (χ0v) is 16.4. The molecule has 0 saturated carbocycles. The van der Waals surface area contributed by atoms with Crippen LogP contribution in [0.5, 0.6) is 5.75 Å². The van der Waals surface area contributed by atoms with Gasteiger partial charge in [0.25, 0.3) is 0 Å². The number of cyclic esters (lactones) is 1. The fourth-order valence-electron chi connectivity index (χ4n) is 3.32. The highest BCUT2D eigenvalue weighted by Gasteiger charge is 2.31. The van der Waals surface area contributed by atoms with E-state index < -0.39 is 44.8 Å². The van der Waals surface area contributed by atoms with E-state index in [1.165, 1.54) is 13.3 Å². The van der Waals surface area contributed by atoms with Gasteiger partial charge in [-0.1, -0.05) is 12.1 Å². The lowest BCUT2D eigenvalue weighted by Gasteiger charge is -2.30. The van der Waals surface area contributed by atoms with Gasteiger partial charge in [0.15, 0.2) is 0 Å². The van der Waals surface area contributed by atoms with Crippen molar-refractivity contribution < 1.29 is 31.5 Å². The number of amides is 1. The second-order valence-electron chi connectivity index (χ2n) is 6.54. The highest BCUT2D eigenvalue weighted by Crippen LogP contribution is 2.38. The summed E-state index contributed by atoms with van der Waals surface area (Å²) in [5.41, 5.74) is 0.867. The Morgan fingerprint density at radius 2 is 1.97 bits per heavy atom. The third-order valence-electron chi connectivity index (χ3n) is 4.73. The van der Waals surface area contributed by atoms with Crippen LogP contribution < -0.4 is 14.8 Å². The van der Waals surface area contributed by atoms with E-state index in [0.29, 0.717) is 40.0 Å². The van der Waals surface area contributed by atoms with Crippen molar-refractivity contribution in [3.8, 4) is 5.75 Å². The van der Waals surface area contributed by atoms with Crippen LogP contribution >= 0.6 is 0 Å². The maximum atomic E-state index is 14.6. The Morgan fingerprint density at radius 1 is 1.27 bits per heavy atom. The number of hydrogen-bond acceptors (Lipinski definition) is 6. The number of rotatable bonds is 4. The van der Waals surface area contributed by atoms with Crippen molar-refractivity contribution in [1.29, 1.82) is 0 Å². The van der Waals surface area contributed by atoms with Crippen LogP contribution in [0.3, 0.4) is 0 Å². The van der Waals surface area contributed by atoms with Crippen molar-refractivity contribution in [2.24, 2.45) is 5.14 Å². The number of primary sulfonamides is 1. The number of hydrogen-bond donors (Lipinski definition) is 1. The van der Waals surface area contributed by atoms with Crippen LogP contribution in [0.4, 0.5) is 19.3 Å². The Morgan fingerprint density at radius 3 is 2.60 bits per heavy atom. The van der Waals surface area contributed by atoms with Crippen molar-refractivity contribution >= 4 is 32.7 Å². The molecule has 0 radical (unpaired) electrons. The lowest BCUT2D eigenvalue weighted by Crippen LogP contribution is -2.36. The number of methoxy groups -OCH3 is 1. The molecule has 0 saturated heterocycles. The number of nitrogens with zero attached hydrogens (tertiary/aromatic N) is 2. The molecule has 0 aliphatic carbocycles. The molecule has 8 nitrogen and oxygen atoms in total. The van der Waals surface area contributed by atoms with Crippen molar-refractivity contribution in [1.82, 2.24) is 4.98 Å². The Kier molecular flexibility index (Phi) is 4.79. The number of fused-ring (bicyclic) bond motifs is 3. The second-order valence-corrected chi connectivity index (χ2v) is 8.10. The van der Waals surface area contributed by atoms with E-state index in [-0.39, 0.29) is 6.61 Å². The second kappa shape index (κ2) is 7.18. The van der Waals surface area contributed by atoms with Gasteiger partial charge in [-0.25, -0.2) is 27.1 Å². The third-order valence-corrected chi connectivity index (χ3v) is 5.62. The van der Waals surface area contributed by atoms with Crippen molar-refractivity contribution in [3.63, 3.8) is 0 Å². The number of benzene rings is 2. The number of aromatic nitrogens is 1. The molecule has 2 N–H and O–H groups in total. The summed E-state index contributed by atoms with van der Waals surface area (Å²) < 4.78 is 62.3. The summed E-state index contributed by atoms with van der Waals surface area (Å²) in [7, 11) is -2.83. The number of halogens is 2. The van der Waals surface area contributed by atoms with Crippen LogP contribution in [0.2, 0.25) is 0 Å². The molecule has 1 aromatic heterocycles. The lowest BCUT2D eigenvalue weighted by molar-refractivity contribution is 0.141. The van der Waals surface area contributed by atoms with Crippen LogP contribution in [0.1, 0.15) is 11.1 Å². The number of nitrogens with two attached hydrogens (primary N) is 1. The van der Waals surface area contributed by atoms with E-state index in [0.717, 1.165) is 4.90 Å². The summed E-state index contributed by atoms with van der Waals surface area (Å²) >= 11 is 0. The summed E-state index contributed by atoms with van der Waals surface area (Å²) in [4.78, 5) is 17.2. The Balaban J connectivity index is 1.86. The molecule has 156 valence electrons. The summed E-state index contributed by atoms with van der Waals surface area (Å²) in [5.74, 6) is -1.85. The van der Waals surface area contributed by atoms with Crippen molar-refractivity contribution in [2.45, 2.75) is 18.0 Å². The monoisotopic (exact) mass is 435 g/mol. The van der Waals surface area contributed by atoms with Gasteiger partial charge in [-0.15, -0.1) is 0 Å². The van der Waals surface area contributed by atoms with Crippen LogP contribution in [-0.2, 0) is 27.9 Å². The van der Waals surface area contributed by atoms with Crippen LogP contribution in [0.15, 0.2) is 41.4 Å². The van der Waals surface area contributed by atoms with Gasteiger partial charge in [0.05, 0.1) is 24.2 Å². The molecule has 4 rings (SSSR count). The molecular weight excluding hydrogens is 420 g/mol. The molecule has 1 aliphatic rings. The largest absolute Gasteiger partial charge is 0.494 e. The minimum Gasteiger partial charge on any atom is -0.494 e. The number of pyridine rings is 1.